The van der Waals surface area contributed by atoms with Crippen LogP contribution in [-0.2, 0) is 0 Å². The second-order valence-electron chi connectivity index (χ2n) is 4.08. The van der Waals surface area contributed by atoms with Crippen LogP contribution in [0.4, 0.5) is 5.69 Å². The molecule has 5 nitrogen and oxygen atoms in total. The zero-order chi connectivity index (χ0) is 13.9. The number of carbonyl (C=O) groups is 1. The molecule has 20 heavy (non-hydrogen) atoms. The smallest absolute Gasteiger partial charge is 0.274 e. The number of halogens is 1. The molecule has 0 spiro atoms. The van der Waals surface area contributed by atoms with Gasteiger partial charge in [0.15, 0.2) is 0 Å². The molecule has 1 N–H and O–H groups in total. The second-order valence-corrected chi connectivity index (χ2v) is 4.99. The summed E-state index contributed by atoms with van der Waals surface area (Å²) in [6.07, 6.45) is 4.83. The lowest BCUT2D eigenvalue weighted by molar-refractivity contribution is 0.102. The first-order chi connectivity index (χ1) is 9.72. The Labute approximate surface area is 123 Å². The second kappa shape index (κ2) is 5.34. The summed E-state index contributed by atoms with van der Waals surface area (Å²) in [5.74, 6) is -0.263. The Hall–Kier alpha value is -2.34. The lowest BCUT2D eigenvalue weighted by Gasteiger charge is -2.05. The van der Waals surface area contributed by atoms with Gasteiger partial charge in [-0.25, -0.2) is 4.98 Å². The largest absolute Gasteiger partial charge is 0.321 e. The molecule has 6 heteroatoms. The Balaban J connectivity index is 1.85. The molecule has 2 aromatic heterocycles. The van der Waals surface area contributed by atoms with E-state index in [0.29, 0.717) is 11.4 Å². The van der Waals surface area contributed by atoms with E-state index in [1.54, 1.807) is 42.9 Å². The molecule has 0 radical (unpaired) electrons. The van der Waals surface area contributed by atoms with Gasteiger partial charge >= 0.3 is 0 Å². The van der Waals surface area contributed by atoms with Crippen molar-refractivity contribution in [3.05, 3.63) is 59.1 Å². The van der Waals surface area contributed by atoms with E-state index in [1.165, 1.54) is 0 Å². The van der Waals surface area contributed by atoms with Crippen LogP contribution >= 0.6 is 15.9 Å². The molecule has 3 rings (SSSR count). The molecule has 2 heterocycles. The van der Waals surface area contributed by atoms with Gasteiger partial charge in [0, 0.05) is 28.8 Å². The maximum absolute atomic E-state index is 12.0. The van der Waals surface area contributed by atoms with Crippen molar-refractivity contribution in [3.8, 4) is 0 Å². The van der Waals surface area contributed by atoms with Crippen molar-refractivity contribution in [2.24, 2.45) is 0 Å². The summed E-state index contributed by atoms with van der Waals surface area (Å²) in [5.41, 5.74) is 2.53. The summed E-state index contributed by atoms with van der Waals surface area (Å²) in [5, 5.41) is 2.79. The van der Waals surface area contributed by atoms with E-state index in [0.717, 1.165) is 15.5 Å². The maximum atomic E-state index is 12.0. The number of hydrogen-bond donors (Lipinski definition) is 1. The van der Waals surface area contributed by atoms with Gasteiger partial charge in [-0.2, -0.15) is 0 Å². The number of anilines is 1. The molecule has 1 aromatic carbocycles. The van der Waals surface area contributed by atoms with Gasteiger partial charge in [0.1, 0.15) is 5.69 Å². The van der Waals surface area contributed by atoms with Gasteiger partial charge in [0.2, 0.25) is 0 Å². The zero-order valence-corrected chi connectivity index (χ0v) is 11.8. The third kappa shape index (κ3) is 2.65. The first-order valence-corrected chi connectivity index (χ1v) is 6.65. The van der Waals surface area contributed by atoms with Gasteiger partial charge in [-0.3, -0.25) is 14.8 Å². The quantitative estimate of drug-likeness (QED) is 0.785. The van der Waals surface area contributed by atoms with Crippen molar-refractivity contribution in [1.82, 2.24) is 15.0 Å². The summed E-state index contributed by atoms with van der Waals surface area (Å²) in [6, 6.07) is 8.80. The van der Waals surface area contributed by atoms with Crippen molar-refractivity contribution in [2.45, 2.75) is 0 Å². The number of amides is 1. The van der Waals surface area contributed by atoms with E-state index >= 15 is 0 Å². The fourth-order valence-electron chi connectivity index (χ4n) is 1.75. The molecule has 0 atom stereocenters. The number of benzene rings is 1. The molecule has 0 fully saturated rings. The highest BCUT2D eigenvalue weighted by Gasteiger charge is 2.08. The number of hydrogen-bond acceptors (Lipinski definition) is 4. The number of nitrogens with zero attached hydrogens (tertiary/aromatic N) is 3. The minimum absolute atomic E-state index is 0.263. The van der Waals surface area contributed by atoms with Crippen LogP contribution < -0.4 is 5.32 Å². The molecule has 1 amide bonds. The monoisotopic (exact) mass is 328 g/mol. The van der Waals surface area contributed by atoms with Crippen LogP contribution in [-0.4, -0.2) is 20.9 Å². The Morgan fingerprint density at radius 3 is 2.55 bits per heavy atom. The number of pyridine rings is 1. The van der Waals surface area contributed by atoms with E-state index in [-0.39, 0.29) is 5.91 Å². The van der Waals surface area contributed by atoms with Gasteiger partial charge < -0.3 is 5.32 Å². The number of nitrogens with one attached hydrogen (secondary N) is 1. The highest BCUT2D eigenvalue weighted by Crippen LogP contribution is 2.16. The van der Waals surface area contributed by atoms with Crippen LogP contribution in [0.3, 0.4) is 0 Å². The van der Waals surface area contributed by atoms with Crippen molar-refractivity contribution in [1.29, 1.82) is 0 Å². The van der Waals surface area contributed by atoms with Gasteiger partial charge in [0.05, 0.1) is 11.0 Å². The van der Waals surface area contributed by atoms with Crippen molar-refractivity contribution in [2.75, 3.05) is 5.32 Å². The Kier molecular flexibility index (Phi) is 3.39. The number of fused-ring (bicyclic) bond motifs is 1. The van der Waals surface area contributed by atoms with Crippen LogP contribution in [0, 0.1) is 0 Å². The van der Waals surface area contributed by atoms with Crippen LogP contribution in [0.5, 0.6) is 0 Å². The fraction of sp³-hybridized carbons (Fsp3) is 0. The first kappa shape index (κ1) is 12.7. The average molecular weight is 329 g/mol. The number of rotatable bonds is 2. The van der Waals surface area contributed by atoms with Gasteiger partial charge in [-0.05, 0) is 46.3 Å². The molecule has 0 saturated carbocycles. The van der Waals surface area contributed by atoms with E-state index in [9.17, 15) is 4.79 Å². The predicted octanol–water partition coefficient (Wildman–Crippen LogP) is 3.04. The molecular weight excluding hydrogens is 320 g/mol. The molecule has 98 valence electrons. The maximum Gasteiger partial charge on any atom is 0.274 e. The number of aromatic nitrogens is 3. The van der Waals surface area contributed by atoms with Gasteiger partial charge in [-0.15, -0.1) is 0 Å². The Morgan fingerprint density at radius 1 is 1.00 bits per heavy atom. The van der Waals surface area contributed by atoms with E-state index in [2.05, 4.69) is 36.2 Å². The molecular formula is C14H9BrN4O. The topological polar surface area (TPSA) is 67.8 Å². The van der Waals surface area contributed by atoms with E-state index < -0.39 is 0 Å². The molecule has 0 aliphatic heterocycles. The zero-order valence-electron chi connectivity index (χ0n) is 10.2. The van der Waals surface area contributed by atoms with Crippen molar-refractivity contribution < 1.29 is 4.79 Å². The summed E-state index contributed by atoms with van der Waals surface area (Å²) < 4.78 is 0.829. The molecule has 0 aliphatic carbocycles. The van der Waals surface area contributed by atoms with Gasteiger partial charge in [-0.1, -0.05) is 0 Å². The van der Waals surface area contributed by atoms with Crippen molar-refractivity contribution in [3.63, 3.8) is 0 Å². The standard InChI is InChI=1S/C14H9BrN4O/c15-9-1-3-12(18-8-9)14(20)19-10-2-4-11-13(7-10)17-6-5-16-11/h1-8H,(H,19,20). The van der Waals surface area contributed by atoms with Gasteiger partial charge in [0.25, 0.3) is 5.91 Å². The third-order valence-electron chi connectivity index (χ3n) is 2.69. The number of carbonyl (C=O) groups excluding carboxylic acids is 1. The SMILES string of the molecule is O=C(Nc1ccc2nccnc2c1)c1ccc(Br)cn1. The van der Waals surface area contributed by atoms with Crippen LogP contribution in [0.1, 0.15) is 10.5 Å². The molecule has 0 aliphatic rings. The first-order valence-electron chi connectivity index (χ1n) is 5.86. The van der Waals surface area contributed by atoms with E-state index in [4.69, 9.17) is 0 Å². The normalized spacial score (nSPS) is 10.4. The summed E-state index contributed by atoms with van der Waals surface area (Å²) in [7, 11) is 0. The summed E-state index contributed by atoms with van der Waals surface area (Å²) in [6.45, 7) is 0. The molecule has 0 bridgehead atoms. The minimum atomic E-state index is -0.263. The van der Waals surface area contributed by atoms with Crippen LogP contribution in [0.2, 0.25) is 0 Å². The minimum Gasteiger partial charge on any atom is -0.321 e. The van der Waals surface area contributed by atoms with E-state index in [1.807, 2.05) is 6.07 Å². The fourth-order valence-corrected chi connectivity index (χ4v) is 1.98. The molecule has 3 aromatic rings. The summed E-state index contributed by atoms with van der Waals surface area (Å²) >= 11 is 3.28. The third-order valence-corrected chi connectivity index (χ3v) is 3.16. The lowest BCUT2D eigenvalue weighted by Crippen LogP contribution is -2.13. The highest BCUT2D eigenvalue weighted by atomic mass is 79.9. The predicted molar refractivity (Wildman–Crippen MR) is 79.4 cm³/mol. The average Bonchev–Trinajstić information content (AvgIpc) is 2.48. The Bertz CT molecular complexity index is 773. The lowest BCUT2D eigenvalue weighted by atomic mass is 10.2. The molecule has 0 unspecified atom stereocenters. The summed E-state index contributed by atoms with van der Waals surface area (Å²) in [4.78, 5) is 24.5. The van der Waals surface area contributed by atoms with Crippen LogP contribution in [0.15, 0.2) is 53.4 Å². The Morgan fingerprint density at radius 2 is 1.80 bits per heavy atom. The highest BCUT2D eigenvalue weighted by molar-refractivity contribution is 9.10. The molecule has 0 saturated heterocycles. The van der Waals surface area contributed by atoms with Crippen LogP contribution in [0.25, 0.3) is 11.0 Å². The van der Waals surface area contributed by atoms with Crippen molar-refractivity contribution >= 4 is 38.6 Å².